The van der Waals surface area contributed by atoms with E-state index in [1.807, 2.05) is 0 Å². The van der Waals surface area contributed by atoms with Crippen LogP contribution in [-0.2, 0) is 21.1 Å². The maximum atomic E-state index is 13.9. The molecule has 0 amide bonds. The third-order valence-electron chi connectivity index (χ3n) is 3.79. The summed E-state index contributed by atoms with van der Waals surface area (Å²) >= 11 is 5.38. The van der Waals surface area contributed by atoms with E-state index in [2.05, 4.69) is 14.8 Å². The van der Waals surface area contributed by atoms with Crippen LogP contribution >= 0.6 is 6.26 Å². The molecule has 1 rings (SSSR count). The summed E-state index contributed by atoms with van der Waals surface area (Å²) in [6.07, 6.45) is -1.88. The van der Waals surface area contributed by atoms with E-state index in [4.69, 9.17) is 33.3 Å². The molecule has 1 aromatic carbocycles. The van der Waals surface area contributed by atoms with Crippen LogP contribution in [0.15, 0.2) is 5.11 Å². The molecule has 14 heteroatoms. The number of benzene rings is 1. The fourth-order valence-corrected chi connectivity index (χ4v) is 4.04. The van der Waals surface area contributed by atoms with E-state index >= 15 is 0 Å². The Morgan fingerprint density at radius 1 is 1.10 bits per heavy atom. The van der Waals surface area contributed by atoms with Crippen LogP contribution in [-0.4, -0.2) is 30.7 Å². The highest BCUT2D eigenvalue weighted by Crippen LogP contribution is 2.52. The van der Waals surface area contributed by atoms with Crippen molar-refractivity contribution in [3.63, 3.8) is 0 Å². The van der Waals surface area contributed by atoms with Gasteiger partial charge in [-0.2, -0.15) is 0 Å². The number of halogens is 4. The van der Waals surface area contributed by atoms with E-state index in [1.165, 1.54) is 0 Å². The van der Waals surface area contributed by atoms with Gasteiger partial charge in [0, 0.05) is 4.91 Å². The summed E-state index contributed by atoms with van der Waals surface area (Å²) in [7, 11) is 0. The Morgan fingerprint density at radius 3 is 2.03 bits per heavy atom. The molecule has 0 aliphatic heterocycles. The molecule has 162 valence electrons. The molecule has 0 radical (unpaired) electrons. The molecule has 0 saturated carbocycles. The molecule has 0 fully saturated rings. The standard InChI is InChI=1S/C15H20F4N5O3PS/c1-7(20)28(29,8(2)21)27-6-4-3-5-26-15(25)9-10(16)12(18)14(23-24-22)13(19)11(9)17/h7-8H,3-6,20-21H2,1-2H3. The number of esters is 1. The van der Waals surface area contributed by atoms with Gasteiger partial charge in [0.1, 0.15) is 11.3 Å². The number of carbonyl (C=O) groups is 1. The minimum atomic E-state index is -2.45. The molecule has 1 aromatic rings. The van der Waals surface area contributed by atoms with Crippen molar-refractivity contribution >= 4 is 29.7 Å². The zero-order valence-corrected chi connectivity index (χ0v) is 17.3. The number of hydrogen-bond donors (Lipinski definition) is 2. The number of unbranched alkanes of at least 4 members (excludes halogenated alkanes) is 1. The van der Waals surface area contributed by atoms with Crippen LogP contribution in [0.25, 0.3) is 10.4 Å². The molecule has 0 aromatic heterocycles. The molecule has 0 bridgehead atoms. The third kappa shape index (κ3) is 5.88. The molecule has 0 aliphatic carbocycles. The minimum absolute atomic E-state index is 0.171. The molecular weight excluding hydrogens is 437 g/mol. The van der Waals surface area contributed by atoms with Gasteiger partial charge in [0.25, 0.3) is 0 Å². The number of rotatable bonds is 10. The lowest BCUT2D eigenvalue weighted by molar-refractivity contribution is 0.0480. The van der Waals surface area contributed by atoms with Gasteiger partial charge < -0.3 is 20.7 Å². The fourth-order valence-electron chi connectivity index (χ4n) is 2.19. The Balaban J connectivity index is 2.69. The topological polar surface area (TPSA) is 136 Å². The van der Waals surface area contributed by atoms with Gasteiger partial charge in [-0.1, -0.05) is 16.9 Å². The van der Waals surface area contributed by atoms with Crippen molar-refractivity contribution in [2.24, 2.45) is 16.6 Å². The number of carbonyl (C=O) groups excluding carboxylic acids is 1. The quantitative estimate of drug-likeness (QED) is 0.0792. The first-order valence-corrected chi connectivity index (χ1v) is 11.2. The number of ether oxygens (including phenoxy) is 1. The molecule has 2 unspecified atom stereocenters. The Hall–Kier alpha value is -1.75. The van der Waals surface area contributed by atoms with Crippen molar-refractivity contribution in [2.45, 2.75) is 38.3 Å². The van der Waals surface area contributed by atoms with E-state index in [0.717, 1.165) is 0 Å². The molecule has 0 saturated heterocycles. The number of nitrogens with zero attached hydrogens (tertiary/aromatic N) is 3. The highest BCUT2D eigenvalue weighted by atomic mass is 32.4. The molecule has 0 aliphatic rings. The van der Waals surface area contributed by atoms with Crippen LogP contribution < -0.4 is 11.5 Å². The summed E-state index contributed by atoms with van der Waals surface area (Å²) < 4.78 is 65.4. The highest BCUT2D eigenvalue weighted by molar-refractivity contribution is 8.12. The lowest BCUT2D eigenvalue weighted by Gasteiger charge is -2.29. The van der Waals surface area contributed by atoms with Crippen molar-refractivity contribution < 1.29 is 31.6 Å². The zero-order valence-electron chi connectivity index (χ0n) is 15.6. The second kappa shape index (κ2) is 10.9. The SMILES string of the molecule is CC(N)P(=S)(OCCCCOC(=O)c1c(F)c(F)c(N=[N+]=[N-])c(F)c1F)C(C)N. The smallest absolute Gasteiger partial charge is 0.344 e. The molecule has 4 N–H and O–H groups in total. The Bertz CT molecular complexity index is 824. The summed E-state index contributed by atoms with van der Waals surface area (Å²) in [6.45, 7) is 3.26. The lowest BCUT2D eigenvalue weighted by Crippen LogP contribution is -2.28. The van der Waals surface area contributed by atoms with Gasteiger partial charge in [-0.05, 0) is 32.2 Å². The summed E-state index contributed by atoms with van der Waals surface area (Å²) in [4.78, 5) is 13.9. The molecule has 0 heterocycles. The third-order valence-corrected chi connectivity index (χ3v) is 8.96. The van der Waals surface area contributed by atoms with Crippen LogP contribution in [0, 0.1) is 23.3 Å². The van der Waals surface area contributed by atoms with Crippen LogP contribution in [0.3, 0.4) is 0 Å². The molecule has 0 spiro atoms. The minimum Gasteiger partial charge on any atom is -0.462 e. The number of azide groups is 1. The average Bonchev–Trinajstić information content (AvgIpc) is 2.65. The Labute approximate surface area is 169 Å². The zero-order chi connectivity index (χ0) is 22.4. The van der Waals surface area contributed by atoms with Gasteiger partial charge >= 0.3 is 5.97 Å². The Morgan fingerprint density at radius 2 is 1.59 bits per heavy atom. The maximum Gasteiger partial charge on any atom is 0.344 e. The Kier molecular flexibility index (Phi) is 9.47. The van der Waals surface area contributed by atoms with Gasteiger partial charge in [-0.25, -0.2) is 22.4 Å². The predicted octanol–water partition coefficient (Wildman–Crippen LogP) is 4.14. The number of nitrogens with two attached hydrogens (primary N) is 2. The molecule has 8 nitrogen and oxygen atoms in total. The molecular formula is C15H20F4N5O3PS. The van der Waals surface area contributed by atoms with E-state index in [-0.39, 0.29) is 19.6 Å². The van der Waals surface area contributed by atoms with E-state index in [1.54, 1.807) is 13.8 Å². The van der Waals surface area contributed by atoms with Crippen LogP contribution in [0.5, 0.6) is 0 Å². The summed E-state index contributed by atoms with van der Waals surface area (Å²) in [5, 5.41) is 2.53. The van der Waals surface area contributed by atoms with Crippen LogP contribution in [0.4, 0.5) is 23.2 Å². The first kappa shape index (κ1) is 25.3. The van der Waals surface area contributed by atoms with Gasteiger partial charge in [-0.15, -0.1) is 0 Å². The summed E-state index contributed by atoms with van der Waals surface area (Å²) in [5.74, 6) is -10.5. The van der Waals surface area contributed by atoms with Crippen LogP contribution in [0.2, 0.25) is 0 Å². The number of hydrogen-bond acceptors (Lipinski definition) is 7. The second-order valence-corrected chi connectivity index (χ2v) is 10.9. The van der Waals surface area contributed by atoms with E-state index in [0.29, 0.717) is 6.42 Å². The van der Waals surface area contributed by atoms with E-state index in [9.17, 15) is 22.4 Å². The lowest BCUT2D eigenvalue weighted by atomic mass is 10.1. The molecule has 29 heavy (non-hydrogen) atoms. The summed E-state index contributed by atoms with van der Waals surface area (Å²) in [5.41, 5.74) is 16.7. The monoisotopic (exact) mass is 457 g/mol. The average molecular weight is 457 g/mol. The summed E-state index contributed by atoms with van der Waals surface area (Å²) in [6, 6.07) is 0. The fraction of sp³-hybridized carbons (Fsp3) is 0.533. The van der Waals surface area contributed by atoms with Crippen molar-refractivity contribution in [3.05, 3.63) is 39.3 Å². The second-order valence-electron chi connectivity index (χ2n) is 5.97. The first-order valence-electron chi connectivity index (χ1n) is 8.32. The van der Waals surface area contributed by atoms with Crippen LogP contribution in [0.1, 0.15) is 37.0 Å². The van der Waals surface area contributed by atoms with Crippen molar-refractivity contribution in [1.29, 1.82) is 0 Å². The van der Waals surface area contributed by atoms with Gasteiger partial charge in [0.15, 0.2) is 23.3 Å². The van der Waals surface area contributed by atoms with Gasteiger partial charge in [0.05, 0.1) is 31.0 Å². The van der Waals surface area contributed by atoms with Crippen molar-refractivity contribution in [2.75, 3.05) is 13.2 Å². The molecule has 2 atom stereocenters. The van der Waals surface area contributed by atoms with E-state index < -0.39 is 58.3 Å². The predicted molar refractivity (Wildman–Crippen MR) is 102 cm³/mol. The van der Waals surface area contributed by atoms with Crippen molar-refractivity contribution in [1.82, 2.24) is 0 Å². The maximum absolute atomic E-state index is 13.9. The van der Waals surface area contributed by atoms with Crippen molar-refractivity contribution in [3.8, 4) is 0 Å². The highest BCUT2D eigenvalue weighted by Gasteiger charge is 2.30. The van der Waals surface area contributed by atoms with Gasteiger partial charge in [-0.3, -0.25) is 0 Å². The normalized spacial score (nSPS) is 15.2. The largest absolute Gasteiger partial charge is 0.462 e. The first-order chi connectivity index (χ1) is 13.5. The van der Waals surface area contributed by atoms with Gasteiger partial charge in [0.2, 0.25) is 0 Å².